The van der Waals surface area contributed by atoms with Crippen LogP contribution >= 0.6 is 0 Å². The molecule has 2 aromatic rings. The fourth-order valence-electron chi connectivity index (χ4n) is 1.04. The number of hydrogen-bond donors (Lipinski definition) is 0. The molecule has 0 aromatic carbocycles. The summed E-state index contributed by atoms with van der Waals surface area (Å²) in [6, 6.07) is 5.30. The molecule has 0 N–H and O–H groups in total. The van der Waals surface area contributed by atoms with Crippen LogP contribution in [0.1, 0.15) is 10.5 Å². The monoisotopic (exact) mass is 173 g/mol. The summed E-state index contributed by atoms with van der Waals surface area (Å²) in [5.41, 5.74) is 1.32. The van der Waals surface area contributed by atoms with Gasteiger partial charge in [0.25, 0.3) is 0 Å². The van der Waals surface area contributed by atoms with E-state index in [1.807, 2.05) is 12.1 Å². The zero-order valence-corrected chi connectivity index (χ0v) is 6.79. The van der Waals surface area contributed by atoms with Crippen LogP contribution in [0, 0.1) is 0 Å². The summed E-state index contributed by atoms with van der Waals surface area (Å²) in [7, 11) is 0. The van der Waals surface area contributed by atoms with E-state index in [-0.39, 0.29) is 0 Å². The average molecular weight is 173 g/mol. The minimum atomic E-state index is 0.428. The van der Waals surface area contributed by atoms with E-state index in [0.717, 1.165) is 12.0 Å². The SMILES string of the molecule is O=Cc1ccn(-c2ccncc2)n1. The fraction of sp³-hybridized carbons (Fsp3) is 0. The molecule has 0 bridgehead atoms. The van der Waals surface area contributed by atoms with E-state index in [4.69, 9.17) is 0 Å². The molecule has 0 amide bonds. The summed E-state index contributed by atoms with van der Waals surface area (Å²) in [5.74, 6) is 0. The normalized spacial score (nSPS) is 9.85. The van der Waals surface area contributed by atoms with Crippen LogP contribution in [0.15, 0.2) is 36.8 Å². The highest BCUT2D eigenvalue weighted by Crippen LogP contribution is 2.03. The van der Waals surface area contributed by atoms with Crippen LogP contribution in [0.4, 0.5) is 0 Å². The Kier molecular flexibility index (Phi) is 1.88. The van der Waals surface area contributed by atoms with Crippen LogP contribution < -0.4 is 0 Å². The molecule has 13 heavy (non-hydrogen) atoms. The third-order valence-corrected chi connectivity index (χ3v) is 1.66. The van der Waals surface area contributed by atoms with Crippen molar-refractivity contribution in [2.45, 2.75) is 0 Å². The van der Waals surface area contributed by atoms with Crippen molar-refractivity contribution in [3.05, 3.63) is 42.5 Å². The lowest BCUT2D eigenvalue weighted by atomic mass is 10.4. The van der Waals surface area contributed by atoms with Gasteiger partial charge in [0, 0.05) is 18.6 Å². The van der Waals surface area contributed by atoms with Crippen LogP contribution in [0.2, 0.25) is 0 Å². The molecular formula is C9H7N3O. The summed E-state index contributed by atoms with van der Waals surface area (Å²) in [6.45, 7) is 0. The molecule has 0 saturated carbocycles. The smallest absolute Gasteiger partial charge is 0.170 e. The van der Waals surface area contributed by atoms with Gasteiger partial charge in [0.15, 0.2) is 6.29 Å². The molecule has 0 spiro atoms. The first-order chi connectivity index (χ1) is 6.40. The first-order valence-electron chi connectivity index (χ1n) is 3.81. The minimum Gasteiger partial charge on any atom is -0.296 e. The van der Waals surface area contributed by atoms with Gasteiger partial charge in [0.1, 0.15) is 5.69 Å². The molecule has 0 atom stereocenters. The van der Waals surface area contributed by atoms with E-state index in [9.17, 15) is 4.79 Å². The lowest BCUT2D eigenvalue weighted by Gasteiger charge is -1.97. The molecule has 2 aromatic heterocycles. The van der Waals surface area contributed by atoms with Gasteiger partial charge in [-0.05, 0) is 18.2 Å². The lowest BCUT2D eigenvalue weighted by molar-refractivity contribution is 0.111. The topological polar surface area (TPSA) is 47.8 Å². The van der Waals surface area contributed by atoms with E-state index in [0.29, 0.717) is 5.69 Å². The molecule has 64 valence electrons. The van der Waals surface area contributed by atoms with Crippen LogP contribution in [0.5, 0.6) is 0 Å². The highest BCUT2D eigenvalue weighted by Gasteiger charge is 1.97. The van der Waals surface area contributed by atoms with E-state index in [1.165, 1.54) is 0 Å². The number of rotatable bonds is 2. The van der Waals surface area contributed by atoms with E-state index >= 15 is 0 Å². The Morgan fingerprint density at radius 2 is 2.00 bits per heavy atom. The zero-order valence-electron chi connectivity index (χ0n) is 6.79. The Bertz CT molecular complexity index is 408. The lowest BCUT2D eigenvalue weighted by Crippen LogP contribution is -1.95. The second-order valence-corrected chi connectivity index (χ2v) is 2.51. The molecule has 0 unspecified atom stereocenters. The molecule has 0 radical (unpaired) electrons. The van der Waals surface area contributed by atoms with Gasteiger partial charge < -0.3 is 0 Å². The number of carbonyl (C=O) groups is 1. The predicted octanol–water partition coefficient (Wildman–Crippen LogP) is 1.08. The van der Waals surface area contributed by atoms with E-state index in [2.05, 4.69) is 10.1 Å². The molecule has 0 fully saturated rings. The molecule has 4 heteroatoms. The van der Waals surface area contributed by atoms with Gasteiger partial charge in [0.2, 0.25) is 0 Å². The summed E-state index contributed by atoms with van der Waals surface area (Å²) in [5, 5.41) is 4.02. The van der Waals surface area contributed by atoms with E-state index in [1.54, 1.807) is 29.3 Å². The van der Waals surface area contributed by atoms with Crippen LogP contribution in [0.25, 0.3) is 5.69 Å². The van der Waals surface area contributed by atoms with Crippen molar-refractivity contribution in [2.75, 3.05) is 0 Å². The maximum absolute atomic E-state index is 10.4. The maximum atomic E-state index is 10.4. The molecule has 2 heterocycles. The highest BCUT2D eigenvalue weighted by molar-refractivity contribution is 5.71. The third-order valence-electron chi connectivity index (χ3n) is 1.66. The van der Waals surface area contributed by atoms with Crippen molar-refractivity contribution < 1.29 is 4.79 Å². The molecule has 0 aliphatic heterocycles. The molecule has 0 aliphatic rings. The minimum absolute atomic E-state index is 0.428. The van der Waals surface area contributed by atoms with Crippen molar-refractivity contribution in [1.82, 2.24) is 14.8 Å². The van der Waals surface area contributed by atoms with Crippen LogP contribution in [-0.4, -0.2) is 21.1 Å². The Hall–Kier alpha value is -1.97. The van der Waals surface area contributed by atoms with Gasteiger partial charge in [-0.1, -0.05) is 0 Å². The predicted molar refractivity (Wildman–Crippen MR) is 46.7 cm³/mol. The first-order valence-corrected chi connectivity index (χ1v) is 3.81. The molecule has 2 rings (SSSR count). The van der Waals surface area contributed by atoms with Crippen LogP contribution in [-0.2, 0) is 0 Å². The van der Waals surface area contributed by atoms with Crippen molar-refractivity contribution in [3.8, 4) is 5.69 Å². The van der Waals surface area contributed by atoms with Gasteiger partial charge in [-0.2, -0.15) is 5.10 Å². The van der Waals surface area contributed by atoms with Gasteiger partial charge in [-0.15, -0.1) is 0 Å². The average Bonchev–Trinajstić information content (AvgIpc) is 2.67. The van der Waals surface area contributed by atoms with Gasteiger partial charge in [-0.25, -0.2) is 4.68 Å². The number of aromatic nitrogens is 3. The Morgan fingerprint density at radius 1 is 1.23 bits per heavy atom. The van der Waals surface area contributed by atoms with Crippen LogP contribution in [0.3, 0.4) is 0 Å². The third kappa shape index (κ3) is 1.46. The number of nitrogens with zero attached hydrogens (tertiary/aromatic N) is 3. The standard InChI is InChI=1S/C9H7N3O/c13-7-8-3-6-12(11-8)9-1-4-10-5-2-9/h1-7H. The Labute approximate surface area is 74.8 Å². The zero-order chi connectivity index (χ0) is 9.10. The summed E-state index contributed by atoms with van der Waals surface area (Å²) < 4.78 is 1.63. The Balaban J connectivity index is 2.41. The van der Waals surface area contributed by atoms with E-state index < -0.39 is 0 Å². The van der Waals surface area contributed by atoms with Gasteiger partial charge in [-0.3, -0.25) is 9.78 Å². The quantitative estimate of drug-likeness (QED) is 0.638. The summed E-state index contributed by atoms with van der Waals surface area (Å²) >= 11 is 0. The molecule has 0 aliphatic carbocycles. The van der Waals surface area contributed by atoms with Crippen molar-refractivity contribution in [3.63, 3.8) is 0 Å². The maximum Gasteiger partial charge on any atom is 0.170 e. The second-order valence-electron chi connectivity index (χ2n) is 2.51. The first kappa shape index (κ1) is 7.67. The number of hydrogen-bond acceptors (Lipinski definition) is 3. The number of aldehydes is 1. The molecular weight excluding hydrogens is 166 g/mol. The van der Waals surface area contributed by atoms with Crippen molar-refractivity contribution in [1.29, 1.82) is 0 Å². The Morgan fingerprint density at radius 3 is 2.62 bits per heavy atom. The van der Waals surface area contributed by atoms with Gasteiger partial charge >= 0.3 is 0 Å². The number of carbonyl (C=O) groups excluding carboxylic acids is 1. The van der Waals surface area contributed by atoms with Gasteiger partial charge in [0.05, 0.1) is 5.69 Å². The van der Waals surface area contributed by atoms with Crippen molar-refractivity contribution >= 4 is 6.29 Å². The number of pyridine rings is 1. The highest BCUT2D eigenvalue weighted by atomic mass is 16.1. The summed E-state index contributed by atoms with van der Waals surface area (Å²) in [6.07, 6.45) is 5.81. The fourth-order valence-corrected chi connectivity index (χ4v) is 1.04. The van der Waals surface area contributed by atoms with Crippen molar-refractivity contribution in [2.24, 2.45) is 0 Å². The molecule has 4 nitrogen and oxygen atoms in total. The summed E-state index contributed by atoms with van der Waals surface area (Å²) in [4.78, 5) is 14.3. The largest absolute Gasteiger partial charge is 0.296 e. The second kappa shape index (κ2) is 3.18. The molecule has 0 saturated heterocycles.